The van der Waals surface area contributed by atoms with Crippen LogP contribution >= 0.6 is 0 Å². The number of nitrogens with zero attached hydrogens (tertiary/aromatic N) is 1. The number of rotatable bonds is 10. The van der Waals surface area contributed by atoms with E-state index in [1.54, 1.807) is 0 Å². The molecular weight excluding hydrogens is 364 g/mol. The normalized spacial score (nSPS) is 11.1. The van der Waals surface area contributed by atoms with Crippen LogP contribution in [0.4, 0.5) is 0 Å². The number of nitrogens with one attached hydrogen (secondary N) is 3. The lowest BCUT2D eigenvalue weighted by atomic mass is 10.1. The molecule has 0 aromatic heterocycles. The lowest BCUT2D eigenvalue weighted by molar-refractivity contribution is -0.119. The first-order valence-electron chi connectivity index (χ1n) is 10.2. The molecule has 1 amide bonds. The van der Waals surface area contributed by atoms with Crippen LogP contribution in [0.5, 0.6) is 5.75 Å². The first-order chi connectivity index (χ1) is 14.1. The molecule has 2 aromatic rings. The zero-order chi connectivity index (χ0) is 20.9. The molecule has 3 N–H and O–H groups in total. The van der Waals surface area contributed by atoms with E-state index in [1.165, 1.54) is 5.56 Å². The van der Waals surface area contributed by atoms with Crippen LogP contribution in [-0.2, 0) is 17.8 Å². The smallest absolute Gasteiger partial charge is 0.239 e. The van der Waals surface area contributed by atoms with Gasteiger partial charge < -0.3 is 20.7 Å². The van der Waals surface area contributed by atoms with Gasteiger partial charge in [-0.1, -0.05) is 42.5 Å². The third-order valence-electron chi connectivity index (χ3n) is 4.27. The summed E-state index contributed by atoms with van der Waals surface area (Å²) in [5.41, 5.74) is 3.37. The lowest BCUT2D eigenvalue weighted by Gasteiger charge is -2.13. The van der Waals surface area contributed by atoms with Gasteiger partial charge in [0, 0.05) is 18.7 Å². The highest BCUT2D eigenvalue weighted by Gasteiger charge is 2.06. The van der Waals surface area contributed by atoms with Gasteiger partial charge in [0.2, 0.25) is 5.91 Å². The maximum atomic E-state index is 12.1. The largest absolute Gasteiger partial charge is 0.494 e. The number of amides is 1. The van der Waals surface area contributed by atoms with E-state index in [0.29, 0.717) is 32.2 Å². The molecular formula is C23H32N4O2. The predicted molar refractivity (Wildman–Crippen MR) is 118 cm³/mol. The number of aliphatic imine (C=N–C) groups is 1. The molecule has 0 radical (unpaired) electrons. The Morgan fingerprint density at radius 2 is 1.83 bits per heavy atom. The number of guanidine groups is 1. The van der Waals surface area contributed by atoms with Gasteiger partial charge >= 0.3 is 0 Å². The average Bonchev–Trinajstić information content (AvgIpc) is 2.72. The minimum absolute atomic E-state index is 0.0584. The third-order valence-corrected chi connectivity index (χ3v) is 4.27. The Kier molecular flexibility index (Phi) is 9.55. The molecule has 156 valence electrons. The molecule has 0 spiro atoms. The number of benzene rings is 2. The summed E-state index contributed by atoms with van der Waals surface area (Å²) in [7, 11) is 0. The fourth-order valence-electron chi connectivity index (χ4n) is 2.81. The van der Waals surface area contributed by atoms with E-state index in [2.05, 4.69) is 33.1 Å². The second-order valence-electron chi connectivity index (χ2n) is 6.68. The van der Waals surface area contributed by atoms with Crippen LogP contribution in [-0.4, -0.2) is 38.1 Å². The van der Waals surface area contributed by atoms with Crippen molar-refractivity contribution < 1.29 is 9.53 Å². The van der Waals surface area contributed by atoms with E-state index in [0.717, 1.165) is 23.3 Å². The highest BCUT2D eigenvalue weighted by atomic mass is 16.5. The molecule has 0 heterocycles. The summed E-state index contributed by atoms with van der Waals surface area (Å²) in [6, 6.07) is 16.2. The van der Waals surface area contributed by atoms with E-state index >= 15 is 0 Å². The van der Waals surface area contributed by atoms with Gasteiger partial charge in [-0.15, -0.1) is 0 Å². The summed E-state index contributed by atoms with van der Waals surface area (Å²) in [4.78, 5) is 16.7. The van der Waals surface area contributed by atoms with Gasteiger partial charge in [-0.3, -0.25) is 4.79 Å². The van der Waals surface area contributed by atoms with Crippen LogP contribution in [0.2, 0.25) is 0 Å². The Morgan fingerprint density at radius 1 is 1.03 bits per heavy atom. The standard InChI is InChI=1S/C23H32N4O2/c1-4-24-23(26-16-20-12-11-18(3)15-21(20)29-5-2)27-17-22(28)25-14-13-19-9-7-6-8-10-19/h6-12,15H,4-5,13-14,16-17H2,1-3H3,(H,25,28)(H2,24,26,27). The Bertz CT molecular complexity index is 791. The molecule has 0 atom stereocenters. The molecule has 29 heavy (non-hydrogen) atoms. The maximum Gasteiger partial charge on any atom is 0.239 e. The van der Waals surface area contributed by atoms with Crippen molar-refractivity contribution in [3.8, 4) is 5.75 Å². The number of carbonyl (C=O) groups is 1. The topological polar surface area (TPSA) is 74.8 Å². The molecule has 6 heteroatoms. The zero-order valence-corrected chi connectivity index (χ0v) is 17.6. The summed E-state index contributed by atoms with van der Waals surface area (Å²) in [5, 5.41) is 9.19. The van der Waals surface area contributed by atoms with Crippen molar-refractivity contribution in [3.63, 3.8) is 0 Å². The van der Waals surface area contributed by atoms with E-state index in [4.69, 9.17) is 4.74 Å². The molecule has 0 saturated carbocycles. The second-order valence-corrected chi connectivity index (χ2v) is 6.68. The van der Waals surface area contributed by atoms with Crippen molar-refractivity contribution in [1.29, 1.82) is 0 Å². The van der Waals surface area contributed by atoms with Crippen molar-refractivity contribution in [3.05, 3.63) is 65.2 Å². The minimum Gasteiger partial charge on any atom is -0.494 e. The van der Waals surface area contributed by atoms with Gasteiger partial charge in [0.25, 0.3) is 0 Å². The van der Waals surface area contributed by atoms with Crippen LogP contribution < -0.4 is 20.7 Å². The van der Waals surface area contributed by atoms with Gasteiger partial charge in [0.15, 0.2) is 5.96 Å². The monoisotopic (exact) mass is 396 g/mol. The molecule has 0 unspecified atom stereocenters. The van der Waals surface area contributed by atoms with Gasteiger partial charge in [0.1, 0.15) is 5.75 Å². The van der Waals surface area contributed by atoms with Crippen LogP contribution in [0.3, 0.4) is 0 Å². The fraction of sp³-hybridized carbons (Fsp3) is 0.391. The average molecular weight is 397 g/mol. The van der Waals surface area contributed by atoms with Crippen LogP contribution in [0.1, 0.15) is 30.5 Å². The van der Waals surface area contributed by atoms with E-state index in [-0.39, 0.29) is 12.5 Å². The van der Waals surface area contributed by atoms with E-state index in [1.807, 2.05) is 57.2 Å². The SMILES string of the molecule is CCNC(=NCc1ccc(C)cc1OCC)NCC(=O)NCCc1ccccc1. The van der Waals surface area contributed by atoms with Gasteiger partial charge in [-0.25, -0.2) is 4.99 Å². The van der Waals surface area contributed by atoms with Crippen LogP contribution in [0.15, 0.2) is 53.5 Å². The lowest BCUT2D eigenvalue weighted by Crippen LogP contribution is -2.43. The Labute approximate surface area is 173 Å². The van der Waals surface area contributed by atoms with Crippen molar-refractivity contribution in [2.75, 3.05) is 26.2 Å². The first kappa shape index (κ1) is 22.3. The summed E-state index contributed by atoms with van der Waals surface area (Å²) in [5.74, 6) is 1.40. The van der Waals surface area contributed by atoms with Crippen molar-refractivity contribution in [1.82, 2.24) is 16.0 Å². The molecule has 0 aliphatic rings. The summed E-state index contributed by atoms with van der Waals surface area (Å²) >= 11 is 0. The second kappa shape index (κ2) is 12.4. The van der Waals surface area contributed by atoms with Crippen LogP contribution in [0, 0.1) is 6.92 Å². The fourth-order valence-corrected chi connectivity index (χ4v) is 2.81. The number of ether oxygens (including phenoxy) is 1. The number of aryl methyl sites for hydroxylation is 1. The Morgan fingerprint density at radius 3 is 2.55 bits per heavy atom. The highest BCUT2D eigenvalue weighted by molar-refractivity contribution is 5.86. The minimum atomic E-state index is -0.0584. The van der Waals surface area contributed by atoms with E-state index in [9.17, 15) is 4.79 Å². The van der Waals surface area contributed by atoms with Crippen molar-refractivity contribution >= 4 is 11.9 Å². The summed E-state index contributed by atoms with van der Waals surface area (Å²) < 4.78 is 5.71. The number of hydrogen-bond acceptors (Lipinski definition) is 3. The predicted octanol–water partition coefficient (Wildman–Crippen LogP) is 2.81. The summed E-state index contributed by atoms with van der Waals surface area (Å²) in [6.07, 6.45) is 0.814. The molecule has 0 fully saturated rings. The number of hydrogen-bond donors (Lipinski definition) is 3. The van der Waals surface area contributed by atoms with Crippen molar-refractivity contribution in [2.24, 2.45) is 4.99 Å². The van der Waals surface area contributed by atoms with Crippen molar-refractivity contribution in [2.45, 2.75) is 33.7 Å². The molecule has 6 nitrogen and oxygen atoms in total. The molecule has 0 aliphatic carbocycles. The maximum absolute atomic E-state index is 12.1. The molecule has 0 bridgehead atoms. The third kappa shape index (κ3) is 8.25. The van der Waals surface area contributed by atoms with Crippen LogP contribution in [0.25, 0.3) is 0 Å². The zero-order valence-electron chi connectivity index (χ0n) is 17.6. The van der Waals surface area contributed by atoms with Gasteiger partial charge in [0.05, 0.1) is 19.7 Å². The highest BCUT2D eigenvalue weighted by Crippen LogP contribution is 2.21. The Hall–Kier alpha value is -3.02. The molecule has 2 aromatic carbocycles. The van der Waals surface area contributed by atoms with E-state index < -0.39 is 0 Å². The first-order valence-corrected chi connectivity index (χ1v) is 10.2. The van der Waals surface area contributed by atoms with Gasteiger partial charge in [-0.2, -0.15) is 0 Å². The quantitative estimate of drug-likeness (QED) is 0.426. The van der Waals surface area contributed by atoms with Gasteiger partial charge in [-0.05, 0) is 44.4 Å². The summed E-state index contributed by atoms with van der Waals surface area (Å²) in [6.45, 7) is 8.59. The number of carbonyl (C=O) groups excluding carboxylic acids is 1. The Balaban J connectivity index is 1.85. The molecule has 0 aliphatic heterocycles. The molecule has 2 rings (SSSR count). The molecule has 0 saturated heterocycles.